The lowest BCUT2D eigenvalue weighted by molar-refractivity contribution is -0.142. The average Bonchev–Trinajstić information content (AvgIpc) is 2.88. The third kappa shape index (κ3) is 4.37. The first-order chi connectivity index (χ1) is 9.66. The minimum atomic E-state index is -0.816. The van der Waals surface area contributed by atoms with Gasteiger partial charge in [0.05, 0.1) is 12.0 Å². The minimum absolute atomic E-state index is 0.238. The second-order valence-electron chi connectivity index (χ2n) is 5.66. The Kier molecular flexibility index (Phi) is 5.64. The predicted octanol–water partition coefficient (Wildman–Crippen LogP) is 1.50. The van der Waals surface area contributed by atoms with Crippen LogP contribution in [0.1, 0.15) is 44.9 Å². The molecule has 20 heavy (non-hydrogen) atoms. The van der Waals surface area contributed by atoms with Crippen molar-refractivity contribution in [1.82, 2.24) is 10.6 Å². The monoisotopic (exact) mass is 284 g/mol. The summed E-state index contributed by atoms with van der Waals surface area (Å²) in [6, 6.07) is -0.502. The highest BCUT2D eigenvalue weighted by molar-refractivity contribution is 5.76. The Morgan fingerprint density at radius 1 is 1.15 bits per heavy atom. The summed E-state index contributed by atoms with van der Waals surface area (Å²) in [6.07, 6.45) is 6.71. The van der Waals surface area contributed by atoms with Gasteiger partial charge in [0.1, 0.15) is 0 Å². The van der Waals surface area contributed by atoms with Gasteiger partial charge in [0.2, 0.25) is 0 Å². The molecule has 2 amide bonds. The fourth-order valence-electron chi connectivity index (χ4n) is 3.03. The Labute approximate surface area is 119 Å². The van der Waals surface area contributed by atoms with Gasteiger partial charge in [-0.05, 0) is 38.5 Å². The number of urea groups is 1. The van der Waals surface area contributed by atoms with Crippen LogP contribution in [0.3, 0.4) is 0 Å². The summed E-state index contributed by atoms with van der Waals surface area (Å²) in [4.78, 5) is 22.8. The zero-order valence-corrected chi connectivity index (χ0v) is 11.8. The molecule has 0 aromatic carbocycles. The maximum Gasteiger partial charge on any atom is 0.315 e. The maximum absolute atomic E-state index is 11.8. The van der Waals surface area contributed by atoms with Crippen molar-refractivity contribution in [3.05, 3.63) is 0 Å². The number of rotatable bonds is 5. The third-order valence-electron chi connectivity index (χ3n) is 4.18. The number of carbonyl (C=O) groups is 2. The molecule has 6 nitrogen and oxygen atoms in total. The molecule has 0 aromatic heterocycles. The quantitative estimate of drug-likeness (QED) is 0.714. The molecule has 1 saturated heterocycles. The molecule has 0 bridgehead atoms. The van der Waals surface area contributed by atoms with Crippen LogP contribution in [0, 0.1) is 5.92 Å². The van der Waals surface area contributed by atoms with E-state index < -0.39 is 11.9 Å². The lowest BCUT2D eigenvalue weighted by Crippen LogP contribution is -2.46. The fourth-order valence-corrected chi connectivity index (χ4v) is 3.03. The van der Waals surface area contributed by atoms with E-state index >= 15 is 0 Å². The molecule has 2 rings (SSSR count). The topological polar surface area (TPSA) is 87.7 Å². The SMILES string of the molecule is O=C(NCCC1CCCCO1)NC1CCCC1C(=O)O. The fraction of sp³-hybridized carbons (Fsp3) is 0.857. The van der Waals surface area contributed by atoms with E-state index in [4.69, 9.17) is 9.84 Å². The number of carboxylic acids is 1. The van der Waals surface area contributed by atoms with E-state index in [1.165, 1.54) is 6.42 Å². The number of hydrogen-bond donors (Lipinski definition) is 3. The molecule has 1 aliphatic carbocycles. The first-order valence-electron chi connectivity index (χ1n) is 7.55. The predicted molar refractivity (Wildman–Crippen MR) is 73.5 cm³/mol. The molecule has 6 heteroatoms. The van der Waals surface area contributed by atoms with Crippen molar-refractivity contribution in [2.24, 2.45) is 5.92 Å². The van der Waals surface area contributed by atoms with Gasteiger partial charge in [-0.25, -0.2) is 4.79 Å². The summed E-state index contributed by atoms with van der Waals surface area (Å²) in [5, 5.41) is 14.6. The summed E-state index contributed by atoms with van der Waals surface area (Å²) >= 11 is 0. The average molecular weight is 284 g/mol. The van der Waals surface area contributed by atoms with Gasteiger partial charge in [0.25, 0.3) is 0 Å². The van der Waals surface area contributed by atoms with E-state index in [1.54, 1.807) is 0 Å². The number of ether oxygens (including phenoxy) is 1. The van der Waals surface area contributed by atoms with Crippen LogP contribution in [0.25, 0.3) is 0 Å². The number of hydrogen-bond acceptors (Lipinski definition) is 3. The van der Waals surface area contributed by atoms with Gasteiger partial charge >= 0.3 is 12.0 Å². The Morgan fingerprint density at radius 3 is 2.70 bits per heavy atom. The van der Waals surface area contributed by atoms with Crippen molar-refractivity contribution < 1.29 is 19.4 Å². The Morgan fingerprint density at radius 2 is 2.00 bits per heavy atom. The Bertz CT molecular complexity index is 342. The van der Waals surface area contributed by atoms with Crippen LogP contribution in [0.4, 0.5) is 4.79 Å². The van der Waals surface area contributed by atoms with Crippen LogP contribution in [0.15, 0.2) is 0 Å². The summed E-state index contributed by atoms with van der Waals surface area (Å²) in [5.41, 5.74) is 0. The summed E-state index contributed by atoms with van der Waals surface area (Å²) in [6.45, 7) is 1.39. The second-order valence-corrected chi connectivity index (χ2v) is 5.66. The number of carbonyl (C=O) groups excluding carboxylic acids is 1. The highest BCUT2D eigenvalue weighted by Crippen LogP contribution is 2.25. The molecule has 3 atom stereocenters. The Hall–Kier alpha value is -1.30. The molecule has 2 aliphatic rings. The van der Waals surface area contributed by atoms with E-state index in [2.05, 4.69) is 10.6 Å². The van der Waals surface area contributed by atoms with Crippen LogP contribution in [0.5, 0.6) is 0 Å². The number of nitrogens with one attached hydrogen (secondary N) is 2. The van der Waals surface area contributed by atoms with Gasteiger partial charge in [-0.2, -0.15) is 0 Å². The van der Waals surface area contributed by atoms with Crippen LogP contribution in [-0.2, 0) is 9.53 Å². The molecule has 0 spiro atoms. The molecular weight excluding hydrogens is 260 g/mol. The molecule has 3 unspecified atom stereocenters. The van der Waals surface area contributed by atoms with Gasteiger partial charge in [-0.3, -0.25) is 4.79 Å². The highest BCUT2D eigenvalue weighted by atomic mass is 16.5. The second kappa shape index (κ2) is 7.47. The molecule has 0 radical (unpaired) electrons. The maximum atomic E-state index is 11.8. The smallest absolute Gasteiger partial charge is 0.315 e. The van der Waals surface area contributed by atoms with Gasteiger partial charge in [0.15, 0.2) is 0 Å². The lowest BCUT2D eigenvalue weighted by Gasteiger charge is -2.23. The van der Waals surface area contributed by atoms with Crippen LogP contribution < -0.4 is 10.6 Å². The molecule has 114 valence electrons. The zero-order chi connectivity index (χ0) is 14.4. The van der Waals surface area contributed by atoms with Crippen LogP contribution in [-0.4, -0.2) is 42.4 Å². The highest BCUT2D eigenvalue weighted by Gasteiger charge is 2.33. The minimum Gasteiger partial charge on any atom is -0.481 e. The van der Waals surface area contributed by atoms with Crippen LogP contribution >= 0.6 is 0 Å². The van der Waals surface area contributed by atoms with E-state index in [0.717, 1.165) is 38.7 Å². The van der Waals surface area contributed by atoms with Crippen molar-refractivity contribution in [3.63, 3.8) is 0 Å². The van der Waals surface area contributed by atoms with Crippen molar-refractivity contribution in [2.45, 2.75) is 57.1 Å². The largest absolute Gasteiger partial charge is 0.481 e. The zero-order valence-electron chi connectivity index (χ0n) is 11.8. The van der Waals surface area contributed by atoms with Gasteiger partial charge in [-0.1, -0.05) is 6.42 Å². The molecule has 2 fully saturated rings. The molecule has 1 heterocycles. The van der Waals surface area contributed by atoms with E-state index in [1.807, 2.05) is 0 Å². The van der Waals surface area contributed by atoms with Gasteiger partial charge in [0, 0.05) is 19.2 Å². The van der Waals surface area contributed by atoms with Gasteiger partial charge < -0.3 is 20.5 Å². The van der Waals surface area contributed by atoms with Crippen molar-refractivity contribution in [2.75, 3.05) is 13.2 Å². The summed E-state index contributed by atoms with van der Waals surface area (Å²) in [7, 11) is 0. The lowest BCUT2D eigenvalue weighted by atomic mass is 10.0. The molecule has 1 saturated carbocycles. The molecule has 0 aromatic rings. The summed E-state index contributed by atoms with van der Waals surface area (Å²) < 4.78 is 5.59. The van der Waals surface area contributed by atoms with Crippen molar-refractivity contribution >= 4 is 12.0 Å². The van der Waals surface area contributed by atoms with Crippen molar-refractivity contribution in [3.8, 4) is 0 Å². The van der Waals surface area contributed by atoms with Gasteiger partial charge in [-0.15, -0.1) is 0 Å². The molecular formula is C14H24N2O4. The normalized spacial score (nSPS) is 29.9. The van der Waals surface area contributed by atoms with E-state index in [0.29, 0.717) is 13.0 Å². The first-order valence-corrected chi connectivity index (χ1v) is 7.55. The molecule has 3 N–H and O–H groups in total. The van der Waals surface area contributed by atoms with Crippen LogP contribution in [0.2, 0.25) is 0 Å². The Balaban J connectivity index is 1.63. The number of carboxylic acid groups (broad SMARTS) is 1. The standard InChI is InChI=1S/C14H24N2O4/c17-13(18)11-5-3-6-12(11)16-14(19)15-8-7-10-4-1-2-9-20-10/h10-12H,1-9H2,(H,17,18)(H2,15,16,19). The van der Waals surface area contributed by atoms with E-state index in [9.17, 15) is 9.59 Å². The van der Waals surface area contributed by atoms with Crippen molar-refractivity contribution in [1.29, 1.82) is 0 Å². The first kappa shape index (κ1) is 15.1. The number of amides is 2. The third-order valence-corrected chi connectivity index (χ3v) is 4.18. The van der Waals surface area contributed by atoms with E-state index in [-0.39, 0.29) is 18.2 Å². The summed E-state index contributed by atoms with van der Waals surface area (Å²) in [5.74, 6) is -1.26. The number of aliphatic carboxylic acids is 1. The molecule has 1 aliphatic heterocycles.